The fourth-order valence-corrected chi connectivity index (χ4v) is 2.74. The van der Waals surface area contributed by atoms with E-state index >= 15 is 0 Å². The Morgan fingerprint density at radius 1 is 1.16 bits per heavy atom. The van der Waals surface area contributed by atoms with Crippen molar-refractivity contribution < 1.29 is 23.8 Å². The number of likely N-dealkylation sites (tertiary alicyclic amines) is 1. The second kappa shape index (κ2) is 9.00. The zero-order chi connectivity index (χ0) is 18.2. The summed E-state index contributed by atoms with van der Waals surface area (Å²) in [5, 5.41) is 5.51. The van der Waals surface area contributed by atoms with Crippen molar-refractivity contribution in [3.8, 4) is 17.2 Å². The van der Waals surface area contributed by atoms with Gasteiger partial charge in [0, 0.05) is 38.2 Å². The van der Waals surface area contributed by atoms with E-state index in [-0.39, 0.29) is 11.9 Å². The van der Waals surface area contributed by atoms with Crippen molar-refractivity contribution in [3.63, 3.8) is 0 Å². The van der Waals surface area contributed by atoms with Gasteiger partial charge in [0.25, 0.3) is 0 Å². The molecule has 138 valence electrons. The number of anilines is 1. The molecule has 1 heterocycles. The summed E-state index contributed by atoms with van der Waals surface area (Å²) in [5.41, 5.74) is 0.529. The molecule has 2 N–H and O–H groups in total. The third-order valence-electron chi connectivity index (χ3n) is 3.98. The molecule has 8 nitrogen and oxygen atoms in total. The normalized spacial score (nSPS) is 13.6. The Morgan fingerprint density at radius 2 is 1.84 bits per heavy atom. The quantitative estimate of drug-likeness (QED) is 0.698. The monoisotopic (exact) mass is 351 g/mol. The lowest BCUT2D eigenvalue weighted by Crippen LogP contribution is -2.33. The van der Waals surface area contributed by atoms with Crippen LogP contribution >= 0.6 is 0 Å². The molecule has 1 aromatic rings. The Balaban J connectivity index is 1.84. The van der Waals surface area contributed by atoms with Gasteiger partial charge in [-0.15, -0.1) is 0 Å². The number of urea groups is 1. The highest BCUT2D eigenvalue weighted by molar-refractivity contribution is 5.90. The number of ether oxygens (including phenoxy) is 3. The van der Waals surface area contributed by atoms with Gasteiger partial charge in [-0.25, -0.2) is 4.79 Å². The second-order valence-electron chi connectivity index (χ2n) is 5.63. The molecule has 0 atom stereocenters. The smallest absolute Gasteiger partial charge is 0.319 e. The Bertz CT molecular complexity index is 595. The van der Waals surface area contributed by atoms with Gasteiger partial charge in [0.15, 0.2) is 11.5 Å². The van der Waals surface area contributed by atoms with Crippen molar-refractivity contribution in [3.05, 3.63) is 12.1 Å². The van der Waals surface area contributed by atoms with Crippen LogP contribution in [0.15, 0.2) is 12.1 Å². The van der Waals surface area contributed by atoms with Gasteiger partial charge >= 0.3 is 6.03 Å². The van der Waals surface area contributed by atoms with E-state index in [4.69, 9.17) is 14.2 Å². The molecule has 0 radical (unpaired) electrons. The van der Waals surface area contributed by atoms with Crippen LogP contribution in [0.25, 0.3) is 0 Å². The first-order valence-corrected chi connectivity index (χ1v) is 8.21. The Labute approximate surface area is 147 Å². The summed E-state index contributed by atoms with van der Waals surface area (Å²) >= 11 is 0. The zero-order valence-corrected chi connectivity index (χ0v) is 14.9. The first-order valence-electron chi connectivity index (χ1n) is 8.21. The maximum absolute atomic E-state index is 12.0. The minimum Gasteiger partial charge on any atom is -0.493 e. The topological polar surface area (TPSA) is 89.1 Å². The number of hydrogen-bond acceptors (Lipinski definition) is 5. The van der Waals surface area contributed by atoms with E-state index in [2.05, 4.69) is 10.6 Å². The van der Waals surface area contributed by atoms with Crippen molar-refractivity contribution in [2.45, 2.75) is 19.3 Å². The van der Waals surface area contributed by atoms with Gasteiger partial charge in [-0.1, -0.05) is 0 Å². The molecule has 3 amide bonds. The van der Waals surface area contributed by atoms with Crippen LogP contribution in [0.4, 0.5) is 10.5 Å². The van der Waals surface area contributed by atoms with Crippen LogP contribution < -0.4 is 24.8 Å². The fourth-order valence-electron chi connectivity index (χ4n) is 2.74. The summed E-state index contributed by atoms with van der Waals surface area (Å²) in [6.07, 6.45) is 2.28. The minimum atomic E-state index is -0.331. The summed E-state index contributed by atoms with van der Waals surface area (Å²) in [5.74, 6) is 1.59. The molecule has 1 saturated heterocycles. The lowest BCUT2D eigenvalue weighted by atomic mass is 10.2. The van der Waals surface area contributed by atoms with E-state index in [0.29, 0.717) is 48.9 Å². The Kier molecular flexibility index (Phi) is 6.73. The molecule has 0 bridgehead atoms. The van der Waals surface area contributed by atoms with Gasteiger partial charge in [-0.2, -0.15) is 0 Å². The first kappa shape index (κ1) is 18.7. The number of nitrogens with one attached hydrogen (secondary N) is 2. The Hall–Kier alpha value is -2.64. The summed E-state index contributed by atoms with van der Waals surface area (Å²) in [6.45, 7) is 1.97. The number of methoxy groups -OCH3 is 3. The number of benzene rings is 1. The van der Waals surface area contributed by atoms with Gasteiger partial charge in [-0.05, 0) is 12.8 Å². The summed E-state index contributed by atoms with van der Waals surface area (Å²) in [6, 6.07) is 2.98. The van der Waals surface area contributed by atoms with Crippen LogP contribution in [-0.4, -0.2) is 57.8 Å². The molecular weight excluding hydrogens is 326 g/mol. The maximum atomic E-state index is 12.0. The van der Waals surface area contributed by atoms with Gasteiger partial charge in [-0.3, -0.25) is 4.79 Å². The van der Waals surface area contributed by atoms with E-state index in [0.717, 1.165) is 13.0 Å². The van der Waals surface area contributed by atoms with E-state index < -0.39 is 0 Å². The molecule has 0 unspecified atom stereocenters. The molecule has 1 aliphatic heterocycles. The summed E-state index contributed by atoms with van der Waals surface area (Å²) in [4.78, 5) is 25.4. The number of carbonyl (C=O) groups excluding carboxylic acids is 2. The standard InChI is InChI=1S/C17H25N3O5/c1-23-13-10-12(11-14(24-2)16(13)25-3)19-17(22)18-7-5-9-20-8-4-6-15(20)21/h10-11H,4-9H2,1-3H3,(H2,18,19,22). The number of hydrogen-bond donors (Lipinski definition) is 2. The third-order valence-corrected chi connectivity index (χ3v) is 3.98. The van der Waals surface area contributed by atoms with Gasteiger partial charge in [0.05, 0.1) is 27.0 Å². The van der Waals surface area contributed by atoms with Crippen LogP contribution in [0.3, 0.4) is 0 Å². The average molecular weight is 351 g/mol. The van der Waals surface area contributed by atoms with Crippen molar-refractivity contribution in [1.29, 1.82) is 0 Å². The molecule has 25 heavy (non-hydrogen) atoms. The van der Waals surface area contributed by atoms with Gasteiger partial charge in [0.1, 0.15) is 0 Å². The van der Waals surface area contributed by atoms with E-state index in [1.807, 2.05) is 4.90 Å². The lowest BCUT2D eigenvalue weighted by molar-refractivity contribution is -0.127. The van der Waals surface area contributed by atoms with Crippen molar-refractivity contribution >= 4 is 17.6 Å². The van der Waals surface area contributed by atoms with Crippen molar-refractivity contribution in [2.24, 2.45) is 0 Å². The highest BCUT2D eigenvalue weighted by atomic mass is 16.5. The highest BCUT2D eigenvalue weighted by Gasteiger charge is 2.19. The predicted molar refractivity (Wildman–Crippen MR) is 93.6 cm³/mol. The van der Waals surface area contributed by atoms with Gasteiger partial charge < -0.3 is 29.7 Å². The predicted octanol–water partition coefficient (Wildman–Crippen LogP) is 1.85. The molecule has 0 spiro atoms. The molecule has 1 aromatic carbocycles. The molecule has 1 fully saturated rings. The summed E-state index contributed by atoms with van der Waals surface area (Å²) in [7, 11) is 4.55. The highest BCUT2D eigenvalue weighted by Crippen LogP contribution is 2.39. The Morgan fingerprint density at radius 3 is 2.36 bits per heavy atom. The van der Waals surface area contributed by atoms with E-state index in [1.54, 1.807) is 12.1 Å². The average Bonchev–Trinajstić information content (AvgIpc) is 3.02. The number of amides is 3. The van der Waals surface area contributed by atoms with Crippen LogP contribution in [0.5, 0.6) is 17.2 Å². The fraction of sp³-hybridized carbons (Fsp3) is 0.529. The lowest BCUT2D eigenvalue weighted by Gasteiger charge is -2.16. The van der Waals surface area contributed by atoms with E-state index in [9.17, 15) is 9.59 Å². The maximum Gasteiger partial charge on any atom is 0.319 e. The number of nitrogens with zero attached hydrogens (tertiary/aromatic N) is 1. The molecule has 0 aliphatic carbocycles. The molecule has 0 aromatic heterocycles. The summed E-state index contributed by atoms with van der Waals surface area (Å²) < 4.78 is 15.7. The SMILES string of the molecule is COc1cc(NC(=O)NCCCN2CCCC2=O)cc(OC)c1OC. The minimum absolute atomic E-state index is 0.196. The van der Waals surface area contributed by atoms with Crippen LogP contribution in [0, 0.1) is 0 Å². The van der Waals surface area contributed by atoms with Crippen LogP contribution in [-0.2, 0) is 4.79 Å². The van der Waals surface area contributed by atoms with Crippen LogP contribution in [0.1, 0.15) is 19.3 Å². The third kappa shape index (κ3) is 4.91. The van der Waals surface area contributed by atoms with E-state index in [1.165, 1.54) is 21.3 Å². The zero-order valence-electron chi connectivity index (χ0n) is 14.9. The van der Waals surface area contributed by atoms with Crippen molar-refractivity contribution in [2.75, 3.05) is 46.3 Å². The molecule has 1 aliphatic rings. The van der Waals surface area contributed by atoms with Crippen molar-refractivity contribution in [1.82, 2.24) is 10.2 Å². The molecule has 2 rings (SSSR count). The van der Waals surface area contributed by atoms with Crippen LogP contribution in [0.2, 0.25) is 0 Å². The largest absolute Gasteiger partial charge is 0.493 e. The second-order valence-corrected chi connectivity index (χ2v) is 5.63. The molecular formula is C17H25N3O5. The first-order chi connectivity index (χ1) is 12.1. The number of carbonyl (C=O) groups is 2. The van der Waals surface area contributed by atoms with Gasteiger partial charge in [0.2, 0.25) is 11.7 Å². The number of rotatable bonds is 8. The molecule has 0 saturated carbocycles. The molecule has 8 heteroatoms.